The minimum absolute atomic E-state index is 0.00144. The molecule has 6 nitrogen and oxygen atoms in total. The Morgan fingerprint density at radius 1 is 1.35 bits per heavy atom. The van der Waals surface area contributed by atoms with Crippen LogP contribution in [0, 0.1) is 10.1 Å². The van der Waals surface area contributed by atoms with Crippen molar-refractivity contribution in [1.29, 1.82) is 0 Å². The van der Waals surface area contributed by atoms with Crippen molar-refractivity contribution >= 4 is 44.7 Å². The highest BCUT2D eigenvalue weighted by Gasteiger charge is 2.12. The molecule has 3 aromatic rings. The van der Waals surface area contributed by atoms with Gasteiger partial charge in [0.05, 0.1) is 21.6 Å². The molecule has 0 atom stereocenters. The summed E-state index contributed by atoms with van der Waals surface area (Å²) >= 11 is 7.32. The van der Waals surface area contributed by atoms with Crippen molar-refractivity contribution in [2.24, 2.45) is 4.99 Å². The molecule has 0 aliphatic rings. The summed E-state index contributed by atoms with van der Waals surface area (Å²) in [6.07, 6.45) is 1.77. The zero-order chi connectivity index (χ0) is 18.7. The molecule has 2 aromatic carbocycles. The molecule has 26 heavy (non-hydrogen) atoms. The number of carbonyl (C=O) groups excluding carboxylic acids is 1. The summed E-state index contributed by atoms with van der Waals surface area (Å²) in [6, 6.07) is 11.7. The van der Waals surface area contributed by atoms with E-state index in [2.05, 4.69) is 11.6 Å². The number of benzene rings is 2. The molecule has 8 heteroatoms. The number of carbonyl (C=O) groups is 1. The number of hydrogen-bond donors (Lipinski definition) is 0. The number of nitro groups is 1. The third-order valence-corrected chi connectivity index (χ3v) is 5.12. The Morgan fingerprint density at radius 2 is 2.12 bits per heavy atom. The summed E-state index contributed by atoms with van der Waals surface area (Å²) in [7, 11) is 0. The van der Waals surface area contributed by atoms with Gasteiger partial charge in [-0.3, -0.25) is 14.9 Å². The summed E-state index contributed by atoms with van der Waals surface area (Å²) in [5, 5.41) is 11.5. The van der Waals surface area contributed by atoms with Crippen molar-refractivity contribution in [3.63, 3.8) is 0 Å². The molecule has 0 aliphatic carbocycles. The van der Waals surface area contributed by atoms with E-state index in [4.69, 9.17) is 11.6 Å². The minimum Gasteiger partial charge on any atom is -0.312 e. The second-order valence-electron chi connectivity index (χ2n) is 5.47. The number of amides is 1. The first kappa shape index (κ1) is 18.0. The molecule has 0 N–H and O–H groups in total. The van der Waals surface area contributed by atoms with Crippen molar-refractivity contribution in [3.8, 4) is 0 Å². The molecule has 0 saturated carbocycles. The van der Waals surface area contributed by atoms with Crippen LogP contribution < -0.4 is 4.80 Å². The normalized spacial score (nSPS) is 11.7. The standard InChI is InChI=1S/C18H14ClN3O3S/c1-2-9-21-15-8-7-13(22(24)25)11-16(15)26-18(21)20-17(23)10-12-5-3-4-6-14(12)19/h2-8,11H,1,9-10H2. The second-order valence-corrected chi connectivity index (χ2v) is 6.88. The molecule has 0 saturated heterocycles. The topological polar surface area (TPSA) is 77.5 Å². The Morgan fingerprint density at radius 3 is 2.81 bits per heavy atom. The van der Waals surface area contributed by atoms with Crippen molar-refractivity contribution < 1.29 is 9.72 Å². The first-order valence-electron chi connectivity index (χ1n) is 7.69. The smallest absolute Gasteiger partial charge is 0.270 e. The van der Waals surface area contributed by atoms with Crippen molar-refractivity contribution in [1.82, 2.24) is 4.57 Å². The van der Waals surface area contributed by atoms with Crippen LogP contribution >= 0.6 is 22.9 Å². The lowest BCUT2D eigenvalue weighted by atomic mass is 10.1. The van der Waals surface area contributed by atoms with Gasteiger partial charge >= 0.3 is 0 Å². The van der Waals surface area contributed by atoms with Crippen molar-refractivity contribution in [2.45, 2.75) is 13.0 Å². The highest BCUT2D eigenvalue weighted by Crippen LogP contribution is 2.23. The molecule has 3 rings (SSSR count). The van der Waals surface area contributed by atoms with E-state index in [0.717, 1.165) is 5.52 Å². The number of thiazole rings is 1. The zero-order valence-corrected chi connectivity index (χ0v) is 15.2. The molecule has 1 aromatic heterocycles. The molecule has 0 bridgehead atoms. The maximum absolute atomic E-state index is 12.4. The van der Waals surface area contributed by atoms with Crippen molar-refractivity contribution in [2.75, 3.05) is 0 Å². The highest BCUT2D eigenvalue weighted by molar-refractivity contribution is 7.16. The van der Waals surface area contributed by atoms with E-state index in [0.29, 0.717) is 26.6 Å². The first-order chi connectivity index (χ1) is 12.5. The van der Waals surface area contributed by atoms with Crippen LogP contribution in [0.3, 0.4) is 0 Å². The average Bonchev–Trinajstić information content (AvgIpc) is 2.94. The van der Waals surface area contributed by atoms with E-state index < -0.39 is 4.92 Å². The van der Waals surface area contributed by atoms with Gasteiger partial charge in [0, 0.05) is 23.7 Å². The number of halogens is 1. The van der Waals surface area contributed by atoms with Crippen LogP contribution in [0.4, 0.5) is 5.69 Å². The summed E-state index contributed by atoms with van der Waals surface area (Å²) in [5.74, 6) is -0.336. The van der Waals surface area contributed by atoms with E-state index in [1.165, 1.54) is 23.5 Å². The number of rotatable bonds is 5. The number of allylic oxidation sites excluding steroid dienone is 1. The van der Waals surface area contributed by atoms with Gasteiger partial charge in [0.2, 0.25) is 0 Å². The highest BCUT2D eigenvalue weighted by atomic mass is 35.5. The zero-order valence-electron chi connectivity index (χ0n) is 13.6. The van der Waals surface area contributed by atoms with Gasteiger partial charge in [0.1, 0.15) is 0 Å². The van der Waals surface area contributed by atoms with Crippen LogP contribution in [-0.4, -0.2) is 15.4 Å². The van der Waals surface area contributed by atoms with Gasteiger partial charge in [-0.1, -0.05) is 47.2 Å². The molecule has 1 amide bonds. The minimum atomic E-state index is -0.448. The predicted molar refractivity (Wildman–Crippen MR) is 102 cm³/mol. The largest absolute Gasteiger partial charge is 0.312 e. The number of fused-ring (bicyclic) bond motifs is 1. The summed E-state index contributed by atoms with van der Waals surface area (Å²) < 4.78 is 2.49. The number of aromatic nitrogens is 1. The maximum atomic E-state index is 12.4. The number of nitrogens with zero attached hydrogens (tertiary/aromatic N) is 3. The molecule has 132 valence electrons. The van der Waals surface area contributed by atoms with Gasteiger partial charge in [0.25, 0.3) is 11.6 Å². The van der Waals surface area contributed by atoms with E-state index in [9.17, 15) is 14.9 Å². The SMILES string of the molecule is C=CCn1c(=NC(=O)Cc2ccccc2Cl)sc2cc([N+](=O)[O-])ccc21. The van der Waals surface area contributed by atoms with Gasteiger partial charge < -0.3 is 4.57 Å². The lowest BCUT2D eigenvalue weighted by Crippen LogP contribution is -2.17. The molecule has 0 radical (unpaired) electrons. The van der Waals surface area contributed by atoms with Crippen molar-refractivity contribution in [3.05, 3.63) is 80.6 Å². The number of hydrogen-bond acceptors (Lipinski definition) is 4. The lowest BCUT2D eigenvalue weighted by Gasteiger charge is -2.02. The second kappa shape index (κ2) is 7.63. The van der Waals surface area contributed by atoms with E-state index in [-0.39, 0.29) is 18.0 Å². The van der Waals surface area contributed by atoms with Crippen LogP contribution in [0.5, 0.6) is 0 Å². The molecular formula is C18H14ClN3O3S. The molecule has 0 fully saturated rings. The van der Waals surface area contributed by atoms with Gasteiger partial charge in [-0.25, -0.2) is 0 Å². The van der Waals surface area contributed by atoms with Gasteiger partial charge in [0.15, 0.2) is 4.80 Å². The van der Waals surface area contributed by atoms with Crippen LogP contribution in [0.1, 0.15) is 5.56 Å². The Kier molecular flexibility index (Phi) is 5.29. The summed E-state index contributed by atoms with van der Waals surface area (Å²) in [6.45, 7) is 4.16. The Labute approximate surface area is 157 Å². The monoisotopic (exact) mass is 387 g/mol. The van der Waals surface area contributed by atoms with E-state index in [1.54, 1.807) is 34.9 Å². The fourth-order valence-corrected chi connectivity index (χ4v) is 3.81. The average molecular weight is 388 g/mol. The van der Waals surface area contributed by atoms with Crippen LogP contribution in [-0.2, 0) is 17.8 Å². The quantitative estimate of drug-likeness (QED) is 0.375. The van der Waals surface area contributed by atoms with E-state index >= 15 is 0 Å². The van der Waals surface area contributed by atoms with E-state index in [1.807, 2.05) is 6.07 Å². The fourth-order valence-electron chi connectivity index (χ4n) is 2.52. The molecule has 0 unspecified atom stereocenters. The molecule has 0 spiro atoms. The van der Waals surface area contributed by atoms with Crippen LogP contribution in [0.25, 0.3) is 10.2 Å². The van der Waals surface area contributed by atoms with Gasteiger partial charge in [-0.15, -0.1) is 6.58 Å². The summed E-state index contributed by atoms with van der Waals surface area (Å²) in [4.78, 5) is 27.6. The molecular weight excluding hydrogens is 374 g/mol. The Hall–Kier alpha value is -2.77. The number of nitro benzene ring substituents is 1. The third-order valence-electron chi connectivity index (χ3n) is 3.71. The lowest BCUT2D eigenvalue weighted by molar-refractivity contribution is -0.384. The Balaban J connectivity index is 2.04. The molecule has 0 aliphatic heterocycles. The van der Waals surface area contributed by atoms with Crippen LogP contribution in [0.2, 0.25) is 5.02 Å². The predicted octanol–water partition coefficient (Wildman–Crippen LogP) is 4.12. The Bertz CT molecular complexity index is 1080. The molecule has 1 heterocycles. The fraction of sp³-hybridized carbons (Fsp3) is 0.111. The van der Waals surface area contributed by atoms with Crippen LogP contribution in [0.15, 0.2) is 60.1 Å². The van der Waals surface area contributed by atoms with Gasteiger partial charge in [-0.2, -0.15) is 4.99 Å². The number of non-ortho nitro benzene ring substituents is 1. The summed E-state index contributed by atoms with van der Waals surface area (Å²) in [5.41, 5.74) is 1.47. The maximum Gasteiger partial charge on any atom is 0.270 e. The first-order valence-corrected chi connectivity index (χ1v) is 8.88. The third kappa shape index (κ3) is 3.74. The van der Waals surface area contributed by atoms with Gasteiger partial charge in [-0.05, 0) is 17.7 Å².